The molecule has 1 saturated heterocycles. The number of carboxylic acid groups (broad SMARTS) is 1. The van der Waals surface area contributed by atoms with Crippen molar-refractivity contribution in [1.29, 1.82) is 0 Å². The van der Waals surface area contributed by atoms with Crippen molar-refractivity contribution in [2.24, 2.45) is 5.92 Å². The van der Waals surface area contributed by atoms with Crippen LogP contribution in [-0.2, 0) is 9.59 Å². The van der Waals surface area contributed by atoms with Crippen LogP contribution in [0.15, 0.2) is 0 Å². The van der Waals surface area contributed by atoms with E-state index in [1.54, 1.807) is 0 Å². The van der Waals surface area contributed by atoms with E-state index in [1.807, 2.05) is 6.92 Å². The Balaban J connectivity index is 2.33. The molecule has 0 aromatic heterocycles. The van der Waals surface area contributed by atoms with Gasteiger partial charge in [-0.2, -0.15) is 0 Å². The molecule has 0 aromatic rings. The molecule has 0 aliphatic carbocycles. The van der Waals surface area contributed by atoms with E-state index in [4.69, 9.17) is 5.11 Å². The molecule has 2 unspecified atom stereocenters. The van der Waals surface area contributed by atoms with Crippen LogP contribution < -0.4 is 16.0 Å². The van der Waals surface area contributed by atoms with E-state index in [1.165, 1.54) is 0 Å². The zero-order valence-corrected chi connectivity index (χ0v) is 11.1. The monoisotopic (exact) mass is 271 g/mol. The standard InChI is InChI=1S/C12H21N3O4/c1-2-4-8(11(17)18)7-14-12(19)15-9-5-3-6-13-10(9)16/h8-9H,2-7H2,1H3,(H,13,16)(H,17,18)(H2,14,15,19). The van der Waals surface area contributed by atoms with E-state index in [9.17, 15) is 14.4 Å². The van der Waals surface area contributed by atoms with Crippen molar-refractivity contribution in [3.05, 3.63) is 0 Å². The number of nitrogens with one attached hydrogen (secondary N) is 3. The summed E-state index contributed by atoms with van der Waals surface area (Å²) in [6.45, 7) is 2.60. The molecule has 1 rings (SSSR count). The Morgan fingerprint density at radius 1 is 1.53 bits per heavy atom. The first-order chi connectivity index (χ1) is 9.04. The highest BCUT2D eigenvalue weighted by atomic mass is 16.4. The Morgan fingerprint density at radius 2 is 2.26 bits per heavy atom. The highest BCUT2D eigenvalue weighted by molar-refractivity contribution is 5.87. The van der Waals surface area contributed by atoms with E-state index in [-0.39, 0.29) is 12.5 Å². The van der Waals surface area contributed by atoms with Gasteiger partial charge in [-0.15, -0.1) is 0 Å². The molecule has 4 N–H and O–H groups in total. The summed E-state index contributed by atoms with van der Waals surface area (Å²) in [7, 11) is 0. The van der Waals surface area contributed by atoms with Gasteiger partial charge < -0.3 is 21.1 Å². The number of hydrogen-bond donors (Lipinski definition) is 4. The van der Waals surface area contributed by atoms with E-state index < -0.39 is 24.0 Å². The second-order valence-electron chi connectivity index (χ2n) is 4.66. The zero-order chi connectivity index (χ0) is 14.3. The summed E-state index contributed by atoms with van der Waals surface area (Å²) in [6.07, 6.45) is 2.69. The van der Waals surface area contributed by atoms with E-state index in [0.717, 1.165) is 12.8 Å². The molecule has 2 atom stereocenters. The third-order valence-electron chi connectivity index (χ3n) is 3.09. The summed E-state index contributed by atoms with van der Waals surface area (Å²) in [4.78, 5) is 33.9. The lowest BCUT2D eigenvalue weighted by Gasteiger charge is -2.23. The van der Waals surface area contributed by atoms with Gasteiger partial charge in [-0.3, -0.25) is 9.59 Å². The van der Waals surface area contributed by atoms with Crippen molar-refractivity contribution in [2.75, 3.05) is 13.1 Å². The van der Waals surface area contributed by atoms with Gasteiger partial charge in [0, 0.05) is 13.1 Å². The average molecular weight is 271 g/mol. The van der Waals surface area contributed by atoms with Gasteiger partial charge in [-0.05, 0) is 19.3 Å². The van der Waals surface area contributed by atoms with Crippen molar-refractivity contribution in [3.8, 4) is 0 Å². The summed E-state index contributed by atoms with van der Waals surface area (Å²) in [6, 6.07) is -1.02. The molecule has 1 fully saturated rings. The Morgan fingerprint density at radius 3 is 2.84 bits per heavy atom. The fourth-order valence-corrected chi connectivity index (χ4v) is 2.00. The van der Waals surface area contributed by atoms with Gasteiger partial charge in [0.25, 0.3) is 0 Å². The lowest BCUT2D eigenvalue weighted by atomic mass is 10.0. The number of amides is 3. The van der Waals surface area contributed by atoms with E-state index >= 15 is 0 Å². The molecular weight excluding hydrogens is 250 g/mol. The van der Waals surface area contributed by atoms with Crippen LogP contribution in [0.3, 0.4) is 0 Å². The van der Waals surface area contributed by atoms with Crippen molar-refractivity contribution in [1.82, 2.24) is 16.0 Å². The average Bonchev–Trinajstić information content (AvgIpc) is 2.37. The zero-order valence-electron chi connectivity index (χ0n) is 11.1. The maximum atomic E-state index is 11.6. The Kier molecular flexibility index (Phi) is 6.11. The van der Waals surface area contributed by atoms with Crippen LogP contribution in [0.2, 0.25) is 0 Å². The smallest absolute Gasteiger partial charge is 0.315 e. The highest BCUT2D eigenvalue weighted by Gasteiger charge is 2.24. The molecule has 7 nitrogen and oxygen atoms in total. The predicted octanol–water partition coefficient (Wildman–Crippen LogP) is 0.0651. The molecule has 0 saturated carbocycles. The number of hydrogen-bond acceptors (Lipinski definition) is 3. The maximum absolute atomic E-state index is 11.6. The largest absolute Gasteiger partial charge is 0.481 e. The summed E-state index contributed by atoms with van der Waals surface area (Å²) < 4.78 is 0. The number of carbonyl (C=O) groups is 3. The van der Waals surface area contributed by atoms with Gasteiger partial charge in [0.1, 0.15) is 6.04 Å². The van der Waals surface area contributed by atoms with Crippen molar-refractivity contribution < 1.29 is 19.5 Å². The molecule has 0 bridgehead atoms. The number of piperidine rings is 1. The molecular formula is C12H21N3O4. The first-order valence-electron chi connectivity index (χ1n) is 6.59. The summed E-state index contributed by atoms with van der Waals surface area (Å²) >= 11 is 0. The maximum Gasteiger partial charge on any atom is 0.315 e. The lowest BCUT2D eigenvalue weighted by molar-refractivity contribution is -0.141. The topological polar surface area (TPSA) is 108 Å². The highest BCUT2D eigenvalue weighted by Crippen LogP contribution is 2.05. The second kappa shape index (κ2) is 7.60. The van der Waals surface area contributed by atoms with Crippen molar-refractivity contribution in [3.63, 3.8) is 0 Å². The number of carbonyl (C=O) groups excluding carboxylic acids is 2. The molecule has 0 aromatic carbocycles. The third-order valence-corrected chi connectivity index (χ3v) is 3.09. The fourth-order valence-electron chi connectivity index (χ4n) is 2.00. The Labute approximate surface area is 112 Å². The van der Waals surface area contributed by atoms with Gasteiger partial charge in [0.15, 0.2) is 0 Å². The normalized spacial score (nSPS) is 20.3. The number of urea groups is 1. The first kappa shape index (κ1) is 15.3. The molecule has 1 aliphatic rings. The Bertz CT molecular complexity index is 346. The first-order valence-corrected chi connectivity index (χ1v) is 6.59. The predicted molar refractivity (Wildman–Crippen MR) is 68.6 cm³/mol. The molecule has 19 heavy (non-hydrogen) atoms. The quantitative estimate of drug-likeness (QED) is 0.548. The third kappa shape index (κ3) is 5.15. The summed E-state index contributed by atoms with van der Waals surface area (Å²) in [5.74, 6) is -1.70. The molecule has 3 amide bonds. The minimum Gasteiger partial charge on any atom is -0.481 e. The van der Waals surface area contributed by atoms with Crippen LogP contribution in [0.25, 0.3) is 0 Å². The summed E-state index contributed by atoms with van der Waals surface area (Å²) in [5.41, 5.74) is 0. The molecule has 1 aliphatic heterocycles. The minimum absolute atomic E-state index is 0.0728. The van der Waals surface area contributed by atoms with Gasteiger partial charge in [-0.1, -0.05) is 13.3 Å². The molecule has 108 valence electrons. The summed E-state index contributed by atoms with van der Waals surface area (Å²) in [5, 5.41) is 16.7. The minimum atomic E-state index is -0.919. The van der Waals surface area contributed by atoms with E-state index in [0.29, 0.717) is 19.4 Å². The van der Waals surface area contributed by atoms with Crippen LogP contribution in [0, 0.1) is 5.92 Å². The van der Waals surface area contributed by atoms with Crippen LogP contribution in [-0.4, -0.2) is 42.1 Å². The lowest BCUT2D eigenvalue weighted by Crippen LogP contribution is -2.53. The molecule has 7 heteroatoms. The fraction of sp³-hybridized carbons (Fsp3) is 0.750. The molecule has 0 spiro atoms. The van der Waals surface area contributed by atoms with Gasteiger partial charge >= 0.3 is 12.0 Å². The van der Waals surface area contributed by atoms with Crippen molar-refractivity contribution in [2.45, 2.75) is 38.6 Å². The van der Waals surface area contributed by atoms with Gasteiger partial charge in [-0.25, -0.2) is 4.79 Å². The molecule has 1 heterocycles. The number of rotatable bonds is 6. The van der Waals surface area contributed by atoms with Gasteiger partial charge in [0.2, 0.25) is 5.91 Å². The van der Waals surface area contributed by atoms with Crippen LogP contribution in [0.5, 0.6) is 0 Å². The van der Waals surface area contributed by atoms with Crippen molar-refractivity contribution >= 4 is 17.9 Å². The number of aliphatic carboxylic acids is 1. The van der Waals surface area contributed by atoms with Gasteiger partial charge in [0.05, 0.1) is 5.92 Å². The van der Waals surface area contributed by atoms with E-state index in [2.05, 4.69) is 16.0 Å². The van der Waals surface area contributed by atoms with Crippen LogP contribution in [0.1, 0.15) is 32.6 Å². The van der Waals surface area contributed by atoms with Crippen LogP contribution >= 0.6 is 0 Å². The van der Waals surface area contributed by atoms with Crippen LogP contribution in [0.4, 0.5) is 4.79 Å². The number of carboxylic acids is 1. The second-order valence-corrected chi connectivity index (χ2v) is 4.66. The Hall–Kier alpha value is -1.79. The SMILES string of the molecule is CCCC(CNC(=O)NC1CCCNC1=O)C(=O)O. The molecule has 0 radical (unpaired) electrons.